The van der Waals surface area contributed by atoms with E-state index in [1.165, 1.54) is 6.26 Å². The van der Waals surface area contributed by atoms with Crippen LogP contribution in [0.15, 0.2) is 6.33 Å². The molecule has 0 aliphatic heterocycles. The lowest BCUT2D eigenvalue weighted by atomic mass is 10.5. The first-order valence-corrected chi connectivity index (χ1v) is 7.84. The normalized spacial score (nSPS) is 11.9. The van der Waals surface area contributed by atoms with E-state index in [9.17, 15) is 8.42 Å². The van der Waals surface area contributed by atoms with Gasteiger partial charge >= 0.3 is 0 Å². The fraction of sp³-hybridized carbons (Fsp3) is 0.800. The van der Waals surface area contributed by atoms with E-state index in [2.05, 4.69) is 22.3 Å². The van der Waals surface area contributed by atoms with E-state index in [1.807, 2.05) is 0 Å². The number of aromatic nitrogens is 3. The number of rotatable bonds is 8. The first-order chi connectivity index (χ1) is 8.01. The molecule has 0 radical (unpaired) electrons. The minimum absolute atomic E-state index is 0.191. The highest BCUT2D eigenvalue weighted by Crippen LogP contribution is 1.95. The van der Waals surface area contributed by atoms with Gasteiger partial charge in [-0.1, -0.05) is 6.92 Å². The predicted molar refractivity (Wildman–Crippen MR) is 66.3 cm³/mol. The Hall–Kier alpha value is -0.950. The van der Waals surface area contributed by atoms with E-state index in [0.717, 1.165) is 18.8 Å². The highest BCUT2D eigenvalue weighted by Gasteiger charge is 2.03. The molecule has 0 bridgehead atoms. The Bertz CT molecular complexity index is 427. The highest BCUT2D eigenvalue weighted by atomic mass is 32.2. The van der Waals surface area contributed by atoms with Crippen molar-refractivity contribution >= 4 is 9.84 Å². The van der Waals surface area contributed by atoms with Crippen molar-refractivity contribution in [1.82, 2.24) is 20.1 Å². The topological polar surface area (TPSA) is 76.9 Å². The van der Waals surface area contributed by atoms with Gasteiger partial charge in [-0.2, -0.15) is 5.10 Å². The summed E-state index contributed by atoms with van der Waals surface area (Å²) in [6.07, 6.45) is 4.54. The molecule has 0 aliphatic carbocycles. The molecule has 1 N–H and O–H groups in total. The van der Waals surface area contributed by atoms with Crippen LogP contribution in [0, 0.1) is 0 Å². The monoisotopic (exact) mass is 260 g/mol. The van der Waals surface area contributed by atoms with E-state index in [4.69, 9.17) is 0 Å². The Labute approximate surface area is 102 Å². The summed E-state index contributed by atoms with van der Waals surface area (Å²) in [6, 6.07) is 0. The van der Waals surface area contributed by atoms with E-state index in [-0.39, 0.29) is 5.75 Å². The smallest absolute Gasteiger partial charge is 0.164 e. The summed E-state index contributed by atoms with van der Waals surface area (Å²) in [5.41, 5.74) is 0. The third-order valence-corrected chi connectivity index (χ3v) is 3.23. The van der Waals surface area contributed by atoms with Crippen LogP contribution >= 0.6 is 0 Å². The molecule has 0 saturated heterocycles. The van der Waals surface area contributed by atoms with Crippen molar-refractivity contribution in [3.8, 4) is 0 Å². The summed E-state index contributed by atoms with van der Waals surface area (Å²) < 4.78 is 23.6. The zero-order valence-corrected chi connectivity index (χ0v) is 11.2. The van der Waals surface area contributed by atoms with Gasteiger partial charge in [-0.3, -0.25) is 4.68 Å². The lowest BCUT2D eigenvalue weighted by Crippen LogP contribution is -2.15. The van der Waals surface area contributed by atoms with Gasteiger partial charge in [-0.25, -0.2) is 13.4 Å². The number of sulfone groups is 1. The second-order valence-corrected chi connectivity index (χ2v) is 6.34. The molecule has 0 saturated carbocycles. The molecule has 1 rings (SSSR count). The van der Waals surface area contributed by atoms with Gasteiger partial charge < -0.3 is 5.32 Å². The summed E-state index contributed by atoms with van der Waals surface area (Å²) >= 11 is 0. The van der Waals surface area contributed by atoms with E-state index in [1.54, 1.807) is 11.0 Å². The van der Waals surface area contributed by atoms with Gasteiger partial charge in [0.2, 0.25) is 0 Å². The summed E-state index contributed by atoms with van der Waals surface area (Å²) in [5, 5.41) is 7.46. The summed E-state index contributed by atoms with van der Waals surface area (Å²) in [5.74, 6) is 0.939. The quantitative estimate of drug-likeness (QED) is 0.676. The predicted octanol–water partition coefficient (Wildman–Crippen LogP) is 0.212. The Kier molecular flexibility index (Phi) is 5.57. The van der Waals surface area contributed by atoms with Gasteiger partial charge in [0.1, 0.15) is 16.2 Å². The van der Waals surface area contributed by atoms with Crippen LogP contribution < -0.4 is 5.32 Å². The molecule has 0 spiro atoms. The molecule has 17 heavy (non-hydrogen) atoms. The maximum atomic E-state index is 10.9. The molecule has 0 unspecified atom stereocenters. The molecule has 0 aromatic carbocycles. The van der Waals surface area contributed by atoms with Gasteiger partial charge in [0, 0.05) is 12.8 Å². The fourth-order valence-corrected chi connectivity index (χ4v) is 2.04. The van der Waals surface area contributed by atoms with Crippen LogP contribution in [0.4, 0.5) is 0 Å². The number of nitrogens with one attached hydrogen (secondary N) is 1. The van der Waals surface area contributed by atoms with Gasteiger partial charge in [-0.15, -0.1) is 0 Å². The molecular weight excluding hydrogens is 240 g/mol. The zero-order chi connectivity index (χ0) is 12.7. The molecule has 1 aromatic rings. The molecule has 0 amide bonds. The van der Waals surface area contributed by atoms with Crippen LogP contribution in [0.25, 0.3) is 0 Å². The van der Waals surface area contributed by atoms with Gasteiger partial charge in [0.25, 0.3) is 0 Å². The van der Waals surface area contributed by atoms with Gasteiger partial charge in [0.15, 0.2) is 5.82 Å². The maximum absolute atomic E-state index is 10.9. The number of hydrogen-bond donors (Lipinski definition) is 1. The fourth-order valence-electron chi connectivity index (χ4n) is 1.39. The van der Waals surface area contributed by atoms with Crippen molar-refractivity contribution < 1.29 is 8.42 Å². The Morgan fingerprint density at radius 2 is 2.24 bits per heavy atom. The lowest BCUT2D eigenvalue weighted by Gasteiger charge is -2.00. The first kappa shape index (κ1) is 14.1. The van der Waals surface area contributed by atoms with Crippen LogP contribution in [0.1, 0.15) is 25.6 Å². The van der Waals surface area contributed by atoms with E-state index in [0.29, 0.717) is 19.5 Å². The molecule has 7 heteroatoms. The lowest BCUT2D eigenvalue weighted by molar-refractivity contribution is 0.567. The van der Waals surface area contributed by atoms with Crippen LogP contribution in [0.5, 0.6) is 0 Å². The summed E-state index contributed by atoms with van der Waals surface area (Å²) in [7, 11) is -2.88. The van der Waals surface area contributed by atoms with Crippen molar-refractivity contribution in [3.05, 3.63) is 12.2 Å². The molecular formula is C10H20N4O2S. The van der Waals surface area contributed by atoms with E-state index < -0.39 is 9.84 Å². The van der Waals surface area contributed by atoms with E-state index >= 15 is 0 Å². The molecule has 0 fully saturated rings. The van der Waals surface area contributed by atoms with Crippen LogP contribution in [-0.2, 0) is 22.9 Å². The third-order valence-electron chi connectivity index (χ3n) is 2.20. The molecule has 0 atom stereocenters. The van der Waals surface area contributed by atoms with Crippen molar-refractivity contribution in [2.45, 2.75) is 32.9 Å². The molecule has 0 aliphatic rings. The van der Waals surface area contributed by atoms with Crippen molar-refractivity contribution in [1.29, 1.82) is 0 Å². The molecule has 1 heterocycles. The van der Waals surface area contributed by atoms with Crippen LogP contribution in [0.2, 0.25) is 0 Å². The number of hydrogen-bond acceptors (Lipinski definition) is 5. The van der Waals surface area contributed by atoms with Gasteiger partial charge in [-0.05, 0) is 19.4 Å². The molecule has 1 aromatic heterocycles. The Morgan fingerprint density at radius 1 is 1.47 bits per heavy atom. The standard InChI is InChI=1S/C10H20N4O2S/c1-3-5-11-8-10-12-9-14(13-10)6-4-7-17(2,15)16/h9,11H,3-8H2,1-2H3. The minimum Gasteiger partial charge on any atom is -0.310 e. The summed E-state index contributed by atoms with van der Waals surface area (Å²) in [6.45, 7) is 4.30. The van der Waals surface area contributed by atoms with Crippen molar-refractivity contribution in [2.75, 3.05) is 18.6 Å². The average molecular weight is 260 g/mol. The van der Waals surface area contributed by atoms with Crippen molar-refractivity contribution in [3.63, 3.8) is 0 Å². The number of nitrogens with zero attached hydrogens (tertiary/aromatic N) is 3. The average Bonchev–Trinajstić information content (AvgIpc) is 2.64. The number of aryl methyl sites for hydroxylation is 1. The third kappa shape index (κ3) is 6.38. The molecule has 98 valence electrons. The maximum Gasteiger partial charge on any atom is 0.164 e. The molecule has 6 nitrogen and oxygen atoms in total. The van der Waals surface area contributed by atoms with Crippen LogP contribution in [0.3, 0.4) is 0 Å². The van der Waals surface area contributed by atoms with Crippen molar-refractivity contribution in [2.24, 2.45) is 0 Å². The van der Waals surface area contributed by atoms with Gasteiger partial charge in [0.05, 0.1) is 12.3 Å². The van der Waals surface area contributed by atoms with Crippen LogP contribution in [-0.4, -0.2) is 41.7 Å². The SMILES string of the molecule is CCCNCc1ncn(CCCS(C)(=O)=O)n1. The second-order valence-electron chi connectivity index (χ2n) is 4.08. The first-order valence-electron chi connectivity index (χ1n) is 5.78. The Balaban J connectivity index is 2.30. The second kappa shape index (κ2) is 6.70. The highest BCUT2D eigenvalue weighted by molar-refractivity contribution is 7.90. The zero-order valence-electron chi connectivity index (χ0n) is 10.4. The summed E-state index contributed by atoms with van der Waals surface area (Å²) in [4.78, 5) is 4.14. The largest absolute Gasteiger partial charge is 0.310 e. The minimum atomic E-state index is -2.88. The Morgan fingerprint density at radius 3 is 2.88 bits per heavy atom.